The number of hydrogen-bond acceptors (Lipinski definition) is 3. The van der Waals surface area contributed by atoms with Crippen molar-refractivity contribution < 1.29 is 13.2 Å². The molecule has 1 unspecified atom stereocenters. The first-order valence-corrected chi connectivity index (χ1v) is 10.7. The van der Waals surface area contributed by atoms with Crippen molar-refractivity contribution in [1.82, 2.24) is 4.31 Å². The van der Waals surface area contributed by atoms with Crippen molar-refractivity contribution in [1.29, 1.82) is 0 Å². The highest BCUT2D eigenvalue weighted by molar-refractivity contribution is 7.89. The zero-order valence-corrected chi connectivity index (χ0v) is 16.5. The number of benzene rings is 2. The lowest BCUT2D eigenvalue weighted by Crippen LogP contribution is -2.45. The first kappa shape index (κ1) is 18.9. The quantitative estimate of drug-likeness (QED) is 0.763. The van der Waals surface area contributed by atoms with E-state index in [0.29, 0.717) is 10.6 Å². The van der Waals surface area contributed by atoms with E-state index in [1.807, 2.05) is 25.1 Å². The topological polar surface area (TPSA) is 46.6 Å². The van der Waals surface area contributed by atoms with Crippen molar-refractivity contribution in [2.24, 2.45) is 0 Å². The predicted molar refractivity (Wildman–Crippen MR) is 104 cm³/mol. The fourth-order valence-electron chi connectivity index (χ4n) is 3.86. The third-order valence-corrected chi connectivity index (χ3v) is 7.19. The van der Waals surface area contributed by atoms with Crippen molar-refractivity contribution in [3.05, 3.63) is 59.7 Å². The number of rotatable bonds is 5. The second-order valence-electron chi connectivity index (χ2n) is 6.93. The van der Waals surface area contributed by atoms with E-state index in [4.69, 9.17) is 4.74 Å². The number of ether oxygens (including phenoxy) is 1. The van der Waals surface area contributed by atoms with Gasteiger partial charge in [0.2, 0.25) is 10.0 Å². The van der Waals surface area contributed by atoms with Crippen LogP contribution in [0.2, 0.25) is 0 Å². The van der Waals surface area contributed by atoms with Crippen LogP contribution in [0.5, 0.6) is 5.75 Å². The maximum absolute atomic E-state index is 13.5. The van der Waals surface area contributed by atoms with Crippen molar-refractivity contribution in [2.75, 3.05) is 7.11 Å². The van der Waals surface area contributed by atoms with Gasteiger partial charge in [0, 0.05) is 6.04 Å². The van der Waals surface area contributed by atoms with Crippen LogP contribution in [-0.4, -0.2) is 25.9 Å². The monoisotopic (exact) mass is 373 g/mol. The molecule has 1 saturated heterocycles. The SMILES string of the molecule is CC[C@H]1CCCC(c2cccc(C)c2)N1S(=O)(=O)c1ccc(OC)cc1. The van der Waals surface area contributed by atoms with Crippen molar-refractivity contribution >= 4 is 10.0 Å². The fraction of sp³-hybridized carbons (Fsp3) is 0.429. The van der Waals surface area contributed by atoms with E-state index >= 15 is 0 Å². The zero-order chi connectivity index (χ0) is 18.7. The van der Waals surface area contributed by atoms with E-state index in [1.165, 1.54) is 0 Å². The van der Waals surface area contributed by atoms with E-state index in [1.54, 1.807) is 35.7 Å². The van der Waals surface area contributed by atoms with Gasteiger partial charge in [-0.25, -0.2) is 8.42 Å². The third kappa shape index (κ3) is 3.64. The molecular weight excluding hydrogens is 346 g/mol. The van der Waals surface area contributed by atoms with E-state index in [2.05, 4.69) is 13.0 Å². The van der Waals surface area contributed by atoms with Crippen LogP contribution in [0, 0.1) is 6.92 Å². The maximum Gasteiger partial charge on any atom is 0.243 e. The molecule has 140 valence electrons. The molecule has 0 aliphatic carbocycles. The summed E-state index contributed by atoms with van der Waals surface area (Å²) < 4.78 is 33.9. The molecule has 2 aromatic carbocycles. The number of methoxy groups -OCH3 is 1. The van der Waals surface area contributed by atoms with Gasteiger partial charge in [0.1, 0.15) is 5.75 Å². The number of nitrogens with zero attached hydrogens (tertiary/aromatic N) is 1. The van der Waals surface area contributed by atoms with Crippen LogP contribution in [0.25, 0.3) is 0 Å². The fourth-order valence-corrected chi connectivity index (χ4v) is 5.80. The van der Waals surface area contributed by atoms with Gasteiger partial charge < -0.3 is 4.74 Å². The summed E-state index contributed by atoms with van der Waals surface area (Å²) in [7, 11) is -2.00. The molecule has 0 radical (unpaired) electrons. The molecule has 2 atom stereocenters. The highest BCUT2D eigenvalue weighted by Gasteiger charge is 2.39. The second kappa shape index (κ2) is 7.80. The Hall–Kier alpha value is -1.85. The standard InChI is InChI=1S/C21H27NO3S/c1-4-18-9-6-10-21(17-8-5-7-16(2)15-17)22(18)26(23,24)20-13-11-19(25-3)12-14-20/h5,7-8,11-15,18,21H,4,6,9-10H2,1-3H3/t18-,21?/m0/s1. The summed E-state index contributed by atoms with van der Waals surface area (Å²) in [5.74, 6) is 0.657. The minimum absolute atomic E-state index is 0.0290. The summed E-state index contributed by atoms with van der Waals surface area (Å²) in [5, 5.41) is 0. The normalized spacial score (nSPS) is 21.5. The minimum Gasteiger partial charge on any atom is -0.497 e. The van der Waals surface area contributed by atoms with Gasteiger partial charge in [0.25, 0.3) is 0 Å². The molecule has 3 rings (SSSR count). The Morgan fingerprint density at radius 3 is 2.46 bits per heavy atom. The molecule has 4 nitrogen and oxygen atoms in total. The molecule has 0 aromatic heterocycles. The van der Waals surface area contributed by atoms with Gasteiger partial charge in [0.05, 0.1) is 18.0 Å². The molecule has 0 N–H and O–H groups in total. The lowest BCUT2D eigenvalue weighted by Gasteiger charge is -2.41. The van der Waals surface area contributed by atoms with E-state index in [-0.39, 0.29) is 12.1 Å². The Labute approximate surface area is 156 Å². The van der Waals surface area contributed by atoms with E-state index in [9.17, 15) is 8.42 Å². The molecule has 1 fully saturated rings. The summed E-state index contributed by atoms with van der Waals surface area (Å²) >= 11 is 0. The smallest absolute Gasteiger partial charge is 0.243 e. The van der Waals surface area contributed by atoms with Crippen LogP contribution in [0.3, 0.4) is 0 Å². The van der Waals surface area contributed by atoms with E-state index < -0.39 is 10.0 Å². The summed E-state index contributed by atoms with van der Waals surface area (Å²) in [5.41, 5.74) is 2.24. The molecular formula is C21H27NO3S. The van der Waals surface area contributed by atoms with Gasteiger partial charge in [-0.05, 0) is 62.4 Å². The molecule has 1 heterocycles. The Balaban J connectivity index is 2.05. The highest BCUT2D eigenvalue weighted by Crippen LogP contribution is 2.40. The maximum atomic E-state index is 13.5. The molecule has 0 amide bonds. The van der Waals surface area contributed by atoms with Crippen molar-refractivity contribution in [3.8, 4) is 5.75 Å². The number of hydrogen-bond donors (Lipinski definition) is 0. The minimum atomic E-state index is -3.58. The lowest BCUT2D eigenvalue weighted by molar-refractivity contribution is 0.176. The van der Waals surface area contributed by atoms with Crippen LogP contribution >= 0.6 is 0 Å². The molecule has 0 bridgehead atoms. The summed E-state index contributed by atoms with van der Waals surface area (Å²) in [4.78, 5) is 0.330. The summed E-state index contributed by atoms with van der Waals surface area (Å²) in [6.07, 6.45) is 3.63. The zero-order valence-electron chi connectivity index (χ0n) is 15.7. The molecule has 0 saturated carbocycles. The van der Waals surface area contributed by atoms with Crippen LogP contribution in [0.1, 0.15) is 49.8 Å². The Morgan fingerprint density at radius 2 is 1.85 bits per heavy atom. The lowest BCUT2D eigenvalue weighted by atomic mass is 9.92. The van der Waals surface area contributed by atoms with Crippen LogP contribution < -0.4 is 4.74 Å². The van der Waals surface area contributed by atoms with Gasteiger partial charge >= 0.3 is 0 Å². The molecule has 2 aromatic rings. The van der Waals surface area contributed by atoms with Gasteiger partial charge in [-0.1, -0.05) is 36.8 Å². The van der Waals surface area contributed by atoms with E-state index in [0.717, 1.165) is 36.8 Å². The molecule has 1 aliphatic rings. The number of aryl methyl sites for hydroxylation is 1. The van der Waals surface area contributed by atoms with Gasteiger partial charge in [-0.3, -0.25) is 0 Å². The molecule has 0 spiro atoms. The number of piperidine rings is 1. The highest BCUT2D eigenvalue weighted by atomic mass is 32.2. The van der Waals surface area contributed by atoms with Crippen molar-refractivity contribution in [2.45, 2.75) is 56.5 Å². The Morgan fingerprint density at radius 1 is 1.12 bits per heavy atom. The predicted octanol–water partition coefficient (Wildman–Crippen LogP) is 4.70. The summed E-state index contributed by atoms with van der Waals surface area (Å²) in [6, 6.07) is 14.8. The molecule has 26 heavy (non-hydrogen) atoms. The molecule has 1 aliphatic heterocycles. The van der Waals surface area contributed by atoms with Gasteiger partial charge in [0.15, 0.2) is 0 Å². The summed E-state index contributed by atoms with van der Waals surface area (Å²) in [6.45, 7) is 4.12. The largest absolute Gasteiger partial charge is 0.497 e. The van der Waals surface area contributed by atoms with Crippen molar-refractivity contribution in [3.63, 3.8) is 0 Å². The Kier molecular flexibility index (Phi) is 5.68. The average molecular weight is 374 g/mol. The first-order valence-electron chi connectivity index (χ1n) is 9.21. The third-order valence-electron chi connectivity index (χ3n) is 5.21. The van der Waals surface area contributed by atoms with Gasteiger partial charge in [-0.2, -0.15) is 4.31 Å². The van der Waals surface area contributed by atoms with Crippen LogP contribution in [0.15, 0.2) is 53.4 Å². The second-order valence-corrected chi connectivity index (χ2v) is 8.78. The van der Waals surface area contributed by atoms with Crippen LogP contribution in [-0.2, 0) is 10.0 Å². The molecule has 5 heteroatoms. The average Bonchev–Trinajstić information content (AvgIpc) is 2.67. The van der Waals surface area contributed by atoms with Gasteiger partial charge in [-0.15, -0.1) is 0 Å². The Bertz CT molecular complexity index is 846. The first-order chi connectivity index (χ1) is 12.5. The number of sulfonamides is 1. The van der Waals surface area contributed by atoms with Crippen LogP contribution in [0.4, 0.5) is 0 Å².